The number of amides is 1. The van der Waals surface area contributed by atoms with E-state index in [4.69, 9.17) is 9.47 Å². The largest absolute Gasteiger partial charge is 0.481 e. The van der Waals surface area contributed by atoms with Crippen LogP contribution in [0, 0.1) is 0 Å². The summed E-state index contributed by atoms with van der Waals surface area (Å²) >= 11 is 0. The van der Waals surface area contributed by atoms with E-state index in [0.717, 1.165) is 0 Å². The molecule has 0 aromatic carbocycles. The average molecular weight is 273 g/mol. The molecule has 0 saturated heterocycles. The second kappa shape index (κ2) is 6.51. The first kappa shape index (κ1) is 13.8. The van der Waals surface area contributed by atoms with Gasteiger partial charge >= 0.3 is 0 Å². The number of anilines is 1. The maximum Gasteiger partial charge on any atom is 0.257 e. The Morgan fingerprint density at radius 1 is 1.15 bits per heavy atom. The highest BCUT2D eigenvalue weighted by Gasteiger charge is 2.07. The van der Waals surface area contributed by atoms with E-state index in [1.165, 1.54) is 19.5 Å². The Labute approximate surface area is 116 Å². The molecule has 20 heavy (non-hydrogen) atoms. The van der Waals surface area contributed by atoms with Crippen molar-refractivity contribution in [3.63, 3.8) is 0 Å². The van der Waals surface area contributed by atoms with Gasteiger partial charge in [0.05, 0.1) is 31.2 Å². The van der Waals surface area contributed by atoms with Gasteiger partial charge in [0.2, 0.25) is 11.8 Å². The molecule has 0 radical (unpaired) electrons. The van der Waals surface area contributed by atoms with E-state index in [0.29, 0.717) is 29.6 Å². The summed E-state index contributed by atoms with van der Waals surface area (Å²) in [6, 6.07) is 6.70. The van der Waals surface area contributed by atoms with Gasteiger partial charge in [-0.3, -0.25) is 4.79 Å². The smallest absolute Gasteiger partial charge is 0.257 e. The lowest BCUT2D eigenvalue weighted by Gasteiger charge is -2.06. The van der Waals surface area contributed by atoms with Crippen LogP contribution < -0.4 is 14.8 Å². The molecule has 0 aliphatic rings. The Morgan fingerprint density at radius 3 is 2.45 bits per heavy atom. The van der Waals surface area contributed by atoms with Gasteiger partial charge in [0.1, 0.15) is 0 Å². The molecule has 0 atom stereocenters. The Balaban J connectivity index is 2.03. The van der Waals surface area contributed by atoms with Crippen LogP contribution in [0.15, 0.2) is 36.7 Å². The topological polar surface area (TPSA) is 73.3 Å². The standard InChI is InChI=1S/C14H15N3O3/c1-3-20-13-6-4-10(8-15-13)14(18)17-11-5-7-12(19-2)16-9-11/h4-9H,3H2,1-2H3,(H,17,18). The van der Waals surface area contributed by atoms with Crippen LogP contribution in [-0.4, -0.2) is 29.6 Å². The number of carbonyl (C=O) groups excluding carboxylic acids is 1. The van der Waals surface area contributed by atoms with E-state index in [1.807, 2.05) is 6.92 Å². The fourth-order valence-electron chi connectivity index (χ4n) is 1.53. The summed E-state index contributed by atoms with van der Waals surface area (Å²) in [7, 11) is 1.53. The number of methoxy groups -OCH3 is 1. The van der Waals surface area contributed by atoms with Crippen LogP contribution in [0.2, 0.25) is 0 Å². The molecule has 0 saturated carbocycles. The molecule has 6 heteroatoms. The normalized spacial score (nSPS) is 9.90. The van der Waals surface area contributed by atoms with Gasteiger partial charge in [-0.2, -0.15) is 0 Å². The SMILES string of the molecule is CCOc1ccc(C(=O)Nc2ccc(OC)nc2)cn1. The van der Waals surface area contributed by atoms with Crippen LogP contribution in [0.1, 0.15) is 17.3 Å². The molecule has 0 aliphatic heterocycles. The molecule has 0 bridgehead atoms. The zero-order valence-electron chi connectivity index (χ0n) is 11.3. The lowest BCUT2D eigenvalue weighted by Crippen LogP contribution is -2.12. The minimum atomic E-state index is -0.257. The summed E-state index contributed by atoms with van der Waals surface area (Å²) in [5.74, 6) is 0.730. The fourth-order valence-corrected chi connectivity index (χ4v) is 1.53. The molecular formula is C14H15N3O3. The summed E-state index contributed by atoms with van der Waals surface area (Å²) in [4.78, 5) is 20.0. The number of aromatic nitrogens is 2. The Bertz CT molecular complexity index is 567. The highest BCUT2D eigenvalue weighted by atomic mass is 16.5. The van der Waals surface area contributed by atoms with E-state index < -0.39 is 0 Å². The summed E-state index contributed by atoms with van der Waals surface area (Å²) in [6.45, 7) is 2.41. The highest BCUT2D eigenvalue weighted by Crippen LogP contribution is 2.13. The van der Waals surface area contributed by atoms with Crippen LogP contribution in [0.5, 0.6) is 11.8 Å². The fraction of sp³-hybridized carbons (Fsp3) is 0.214. The first-order chi connectivity index (χ1) is 9.72. The molecule has 2 heterocycles. The second-order valence-electron chi connectivity index (χ2n) is 3.86. The third kappa shape index (κ3) is 3.44. The third-order valence-corrected chi connectivity index (χ3v) is 2.49. The van der Waals surface area contributed by atoms with Crippen LogP contribution in [-0.2, 0) is 0 Å². The number of nitrogens with one attached hydrogen (secondary N) is 1. The van der Waals surface area contributed by atoms with Gasteiger partial charge in [-0.05, 0) is 19.1 Å². The third-order valence-electron chi connectivity index (χ3n) is 2.49. The van der Waals surface area contributed by atoms with Crippen molar-refractivity contribution in [1.29, 1.82) is 0 Å². The van der Waals surface area contributed by atoms with Crippen molar-refractivity contribution >= 4 is 11.6 Å². The molecule has 0 fully saturated rings. The Morgan fingerprint density at radius 2 is 1.90 bits per heavy atom. The van der Waals surface area contributed by atoms with Crippen molar-refractivity contribution < 1.29 is 14.3 Å². The van der Waals surface area contributed by atoms with Crippen LogP contribution >= 0.6 is 0 Å². The molecule has 104 valence electrons. The van der Waals surface area contributed by atoms with Crippen molar-refractivity contribution in [1.82, 2.24) is 9.97 Å². The number of hydrogen-bond acceptors (Lipinski definition) is 5. The van der Waals surface area contributed by atoms with Gasteiger partial charge in [0.25, 0.3) is 5.91 Å². The lowest BCUT2D eigenvalue weighted by atomic mass is 10.2. The number of pyridine rings is 2. The number of hydrogen-bond donors (Lipinski definition) is 1. The van der Waals surface area contributed by atoms with Gasteiger partial charge < -0.3 is 14.8 Å². The minimum absolute atomic E-state index is 0.257. The first-order valence-corrected chi connectivity index (χ1v) is 6.13. The molecule has 6 nitrogen and oxygen atoms in total. The zero-order valence-corrected chi connectivity index (χ0v) is 11.3. The lowest BCUT2D eigenvalue weighted by molar-refractivity contribution is 0.102. The highest BCUT2D eigenvalue weighted by molar-refractivity contribution is 6.03. The molecule has 2 aromatic heterocycles. The monoisotopic (exact) mass is 273 g/mol. The van der Waals surface area contributed by atoms with Crippen LogP contribution in [0.3, 0.4) is 0 Å². The minimum Gasteiger partial charge on any atom is -0.481 e. The number of carbonyl (C=O) groups is 1. The second-order valence-corrected chi connectivity index (χ2v) is 3.86. The predicted molar refractivity (Wildman–Crippen MR) is 74.1 cm³/mol. The number of ether oxygens (including phenoxy) is 2. The van der Waals surface area contributed by atoms with Crippen LogP contribution in [0.4, 0.5) is 5.69 Å². The zero-order chi connectivity index (χ0) is 14.4. The van der Waals surface area contributed by atoms with E-state index in [1.54, 1.807) is 24.3 Å². The summed E-state index contributed by atoms with van der Waals surface area (Å²) in [5.41, 5.74) is 1.04. The van der Waals surface area contributed by atoms with E-state index in [-0.39, 0.29) is 5.91 Å². The first-order valence-electron chi connectivity index (χ1n) is 6.13. The maximum atomic E-state index is 12.0. The average Bonchev–Trinajstić information content (AvgIpc) is 2.49. The molecule has 1 amide bonds. The van der Waals surface area contributed by atoms with Gasteiger partial charge in [-0.15, -0.1) is 0 Å². The molecular weight excluding hydrogens is 258 g/mol. The summed E-state index contributed by atoms with van der Waals surface area (Å²) in [5, 5.41) is 2.72. The molecule has 1 N–H and O–H groups in total. The van der Waals surface area contributed by atoms with Gasteiger partial charge in [0, 0.05) is 18.3 Å². The molecule has 0 unspecified atom stereocenters. The van der Waals surface area contributed by atoms with Crippen LogP contribution in [0.25, 0.3) is 0 Å². The molecule has 2 aromatic rings. The van der Waals surface area contributed by atoms with Crippen molar-refractivity contribution in [2.75, 3.05) is 19.0 Å². The molecule has 0 aliphatic carbocycles. The van der Waals surface area contributed by atoms with E-state index in [9.17, 15) is 4.79 Å². The van der Waals surface area contributed by atoms with Gasteiger partial charge in [-0.25, -0.2) is 9.97 Å². The number of nitrogens with zero attached hydrogens (tertiary/aromatic N) is 2. The van der Waals surface area contributed by atoms with E-state index >= 15 is 0 Å². The van der Waals surface area contributed by atoms with Gasteiger partial charge in [-0.1, -0.05) is 0 Å². The predicted octanol–water partition coefficient (Wildman–Crippen LogP) is 2.14. The van der Waals surface area contributed by atoms with Crippen molar-refractivity contribution in [3.05, 3.63) is 42.2 Å². The Kier molecular flexibility index (Phi) is 4.49. The number of rotatable bonds is 5. The van der Waals surface area contributed by atoms with Crippen molar-refractivity contribution in [2.24, 2.45) is 0 Å². The van der Waals surface area contributed by atoms with Gasteiger partial charge in [0.15, 0.2) is 0 Å². The van der Waals surface area contributed by atoms with E-state index in [2.05, 4.69) is 15.3 Å². The maximum absolute atomic E-state index is 12.0. The van der Waals surface area contributed by atoms with Crippen molar-refractivity contribution in [3.8, 4) is 11.8 Å². The summed E-state index contributed by atoms with van der Waals surface area (Å²) < 4.78 is 10.2. The quantitative estimate of drug-likeness (QED) is 0.903. The Hall–Kier alpha value is -2.63. The molecule has 2 rings (SSSR count). The van der Waals surface area contributed by atoms with Crippen molar-refractivity contribution in [2.45, 2.75) is 6.92 Å². The molecule has 0 spiro atoms. The summed E-state index contributed by atoms with van der Waals surface area (Å²) in [6.07, 6.45) is 3.00.